The summed E-state index contributed by atoms with van der Waals surface area (Å²) in [7, 11) is 0. The van der Waals surface area contributed by atoms with Crippen molar-refractivity contribution in [2.24, 2.45) is 0 Å². The molecule has 0 spiro atoms. The van der Waals surface area contributed by atoms with Crippen LogP contribution in [-0.2, 0) is 4.79 Å². The maximum Gasteiger partial charge on any atom is 0.247 e. The fourth-order valence-electron chi connectivity index (χ4n) is 2.28. The van der Waals surface area contributed by atoms with E-state index in [0.29, 0.717) is 0 Å². The van der Waals surface area contributed by atoms with Crippen molar-refractivity contribution in [1.82, 2.24) is 4.98 Å². The van der Waals surface area contributed by atoms with Crippen molar-refractivity contribution in [3.63, 3.8) is 0 Å². The van der Waals surface area contributed by atoms with Gasteiger partial charge in [-0.3, -0.25) is 9.78 Å². The van der Waals surface area contributed by atoms with Gasteiger partial charge in [0, 0.05) is 12.7 Å². The van der Waals surface area contributed by atoms with E-state index in [1.165, 1.54) is 0 Å². The SMILES string of the molecule is O=C1Nc2cnccc2N2CCCC12. The molecular weight excluding hydrogens is 178 g/mol. The molecule has 3 rings (SSSR count). The Hall–Kier alpha value is -1.58. The highest BCUT2D eigenvalue weighted by Crippen LogP contribution is 2.35. The average Bonchev–Trinajstić information content (AvgIpc) is 2.67. The lowest BCUT2D eigenvalue weighted by Gasteiger charge is -2.32. The number of rotatable bonds is 0. The molecule has 4 heteroatoms. The van der Waals surface area contributed by atoms with Crippen molar-refractivity contribution in [1.29, 1.82) is 0 Å². The number of fused-ring (bicyclic) bond motifs is 3. The fourth-order valence-corrected chi connectivity index (χ4v) is 2.28. The molecule has 1 aromatic rings. The second kappa shape index (κ2) is 2.70. The number of nitrogens with zero attached hydrogens (tertiary/aromatic N) is 2. The molecule has 2 aliphatic rings. The number of aromatic nitrogens is 1. The van der Waals surface area contributed by atoms with Gasteiger partial charge < -0.3 is 10.2 Å². The number of anilines is 2. The summed E-state index contributed by atoms with van der Waals surface area (Å²) in [6.07, 6.45) is 5.54. The monoisotopic (exact) mass is 189 g/mol. The minimum Gasteiger partial charge on any atom is -0.358 e. The summed E-state index contributed by atoms with van der Waals surface area (Å²) in [5, 5.41) is 2.89. The molecule has 3 heterocycles. The Labute approximate surface area is 81.9 Å². The third-order valence-electron chi connectivity index (χ3n) is 2.92. The number of amides is 1. The zero-order chi connectivity index (χ0) is 9.54. The van der Waals surface area contributed by atoms with E-state index in [9.17, 15) is 4.79 Å². The first kappa shape index (κ1) is 7.79. The summed E-state index contributed by atoms with van der Waals surface area (Å²) in [5.74, 6) is 0.114. The first-order valence-electron chi connectivity index (χ1n) is 4.88. The Bertz CT molecular complexity index is 391. The number of hydrogen-bond donors (Lipinski definition) is 1. The Morgan fingerprint density at radius 3 is 3.43 bits per heavy atom. The normalized spacial score (nSPS) is 24.1. The average molecular weight is 189 g/mol. The summed E-state index contributed by atoms with van der Waals surface area (Å²) in [4.78, 5) is 17.8. The molecule has 1 N–H and O–H groups in total. The van der Waals surface area contributed by atoms with Crippen molar-refractivity contribution in [2.45, 2.75) is 18.9 Å². The lowest BCUT2D eigenvalue weighted by Crippen LogP contribution is -2.43. The molecule has 1 unspecified atom stereocenters. The number of carbonyl (C=O) groups is 1. The van der Waals surface area contributed by atoms with Gasteiger partial charge in [0.25, 0.3) is 0 Å². The molecule has 72 valence electrons. The van der Waals surface area contributed by atoms with E-state index in [1.54, 1.807) is 12.4 Å². The first-order chi connectivity index (χ1) is 6.86. The van der Waals surface area contributed by atoms with Crippen molar-refractivity contribution in [3.05, 3.63) is 18.5 Å². The Morgan fingerprint density at radius 2 is 2.50 bits per heavy atom. The number of pyridine rings is 1. The molecule has 0 aliphatic carbocycles. The molecule has 1 saturated heterocycles. The van der Waals surface area contributed by atoms with E-state index < -0.39 is 0 Å². The smallest absolute Gasteiger partial charge is 0.247 e. The maximum atomic E-state index is 11.7. The van der Waals surface area contributed by atoms with Crippen LogP contribution >= 0.6 is 0 Å². The van der Waals surface area contributed by atoms with Crippen molar-refractivity contribution < 1.29 is 4.79 Å². The molecule has 0 saturated carbocycles. The van der Waals surface area contributed by atoms with Gasteiger partial charge in [-0.15, -0.1) is 0 Å². The van der Waals surface area contributed by atoms with E-state index in [2.05, 4.69) is 15.2 Å². The highest BCUT2D eigenvalue weighted by molar-refractivity contribution is 6.03. The highest BCUT2D eigenvalue weighted by Gasteiger charge is 2.35. The maximum absolute atomic E-state index is 11.7. The van der Waals surface area contributed by atoms with E-state index >= 15 is 0 Å². The first-order valence-corrected chi connectivity index (χ1v) is 4.88. The van der Waals surface area contributed by atoms with Crippen molar-refractivity contribution in [3.8, 4) is 0 Å². The summed E-state index contributed by atoms with van der Waals surface area (Å²) < 4.78 is 0. The van der Waals surface area contributed by atoms with Crippen LogP contribution in [0.2, 0.25) is 0 Å². The van der Waals surface area contributed by atoms with Gasteiger partial charge in [0.1, 0.15) is 6.04 Å². The molecule has 0 bridgehead atoms. The van der Waals surface area contributed by atoms with Crippen LogP contribution < -0.4 is 10.2 Å². The molecule has 2 aliphatic heterocycles. The fraction of sp³-hybridized carbons (Fsp3) is 0.400. The van der Waals surface area contributed by atoms with E-state index in [-0.39, 0.29) is 11.9 Å². The molecule has 0 radical (unpaired) electrons. The van der Waals surface area contributed by atoms with Crippen molar-refractivity contribution in [2.75, 3.05) is 16.8 Å². The minimum absolute atomic E-state index is 0.0462. The third-order valence-corrected chi connectivity index (χ3v) is 2.92. The van der Waals surface area contributed by atoms with Gasteiger partial charge in [0.05, 0.1) is 17.6 Å². The third kappa shape index (κ3) is 0.937. The summed E-state index contributed by atoms with van der Waals surface area (Å²) in [5.41, 5.74) is 1.96. The molecule has 1 aromatic heterocycles. The summed E-state index contributed by atoms with van der Waals surface area (Å²) >= 11 is 0. The van der Waals surface area contributed by atoms with Gasteiger partial charge in [-0.25, -0.2) is 0 Å². The van der Waals surface area contributed by atoms with E-state index in [4.69, 9.17) is 0 Å². The zero-order valence-electron chi connectivity index (χ0n) is 7.73. The van der Waals surface area contributed by atoms with Crippen LogP contribution in [0.15, 0.2) is 18.5 Å². The molecule has 1 fully saturated rings. The zero-order valence-corrected chi connectivity index (χ0v) is 7.73. The van der Waals surface area contributed by atoms with Gasteiger partial charge in [-0.1, -0.05) is 0 Å². The van der Waals surface area contributed by atoms with Gasteiger partial charge >= 0.3 is 0 Å². The Balaban J connectivity index is 2.11. The van der Waals surface area contributed by atoms with Crippen LogP contribution in [0.1, 0.15) is 12.8 Å². The molecule has 0 aromatic carbocycles. The van der Waals surface area contributed by atoms with Gasteiger partial charge in [0.15, 0.2) is 0 Å². The van der Waals surface area contributed by atoms with Crippen LogP contribution in [0.5, 0.6) is 0 Å². The summed E-state index contributed by atoms with van der Waals surface area (Å²) in [6.45, 7) is 0.981. The van der Waals surface area contributed by atoms with Crippen molar-refractivity contribution >= 4 is 17.3 Å². The van der Waals surface area contributed by atoms with Gasteiger partial charge in [-0.2, -0.15) is 0 Å². The number of carbonyl (C=O) groups excluding carboxylic acids is 1. The lowest BCUT2D eigenvalue weighted by molar-refractivity contribution is -0.117. The van der Waals surface area contributed by atoms with Crippen LogP contribution in [0.4, 0.5) is 11.4 Å². The lowest BCUT2D eigenvalue weighted by atomic mass is 10.1. The van der Waals surface area contributed by atoms with Gasteiger partial charge in [0.2, 0.25) is 5.91 Å². The summed E-state index contributed by atoms with van der Waals surface area (Å²) in [6, 6.07) is 2.01. The van der Waals surface area contributed by atoms with Crippen LogP contribution in [0.25, 0.3) is 0 Å². The van der Waals surface area contributed by atoms with Crippen LogP contribution in [0, 0.1) is 0 Å². The van der Waals surface area contributed by atoms with E-state index in [1.807, 2.05) is 6.07 Å². The predicted molar refractivity (Wildman–Crippen MR) is 53.2 cm³/mol. The standard InChI is InChI=1S/C10H11N3O/c14-10-9-2-1-5-13(9)8-3-4-11-6-7(8)12-10/h3-4,6,9H,1-2,5H2,(H,12,14). The van der Waals surface area contributed by atoms with Gasteiger partial charge in [-0.05, 0) is 18.9 Å². The van der Waals surface area contributed by atoms with Crippen LogP contribution in [-0.4, -0.2) is 23.5 Å². The Morgan fingerprint density at radius 1 is 1.57 bits per heavy atom. The predicted octanol–water partition coefficient (Wildman–Crippen LogP) is 1.00. The number of nitrogens with one attached hydrogen (secondary N) is 1. The molecule has 1 atom stereocenters. The number of hydrogen-bond acceptors (Lipinski definition) is 3. The second-order valence-corrected chi connectivity index (χ2v) is 3.73. The topological polar surface area (TPSA) is 45.2 Å². The molecular formula is C10H11N3O. The molecule has 4 nitrogen and oxygen atoms in total. The van der Waals surface area contributed by atoms with Crippen LogP contribution in [0.3, 0.4) is 0 Å². The van der Waals surface area contributed by atoms with E-state index in [0.717, 1.165) is 30.8 Å². The molecule has 14 heavy (non-hydrogen) atoms. The highest BCUT2D eigenvalue weighted by atomic mass is 16.2. The minimum atomic E-state index is 0.0462. The quantitative estimate of drug-likeness (QED) is 0.662. The Kier molecular flexibility index (Phi) is 1.50. The second-order valence-electron chi connectivity index (χ2n) is 3.73. The largest absolute Gasteiger partial charge is 0.358 e. The molecule has 1 amide bonds.